The Labute approximate surface area is 142 Å². The van der Waals surface area contributed by atoms with Gasteiger partial charge in [-0.15, -0.1) is 0 Å². The maximum atomic E-state index is 12.7. The van der Waals surface area contributed by atoms with Crippen molar-refractivity contribution in [2.24, 2.45) is 0 Å². The molecule has 1 aromatic carbocycles. The van der Waals surface area contributed by atoms with Gasteiger partial charge < -0.3 is 14.4 Å². The van der Waals surface area contributed by atoms with Crippen LogP contribution in [-0.4, -0.2) is 55.8 Å². The van der Waals surface area contributed by atoms with Crippen LogP contribution < -0.4 is 9.64 Å². The average Bonchev–Trinajstić information content (AvgIpc) is 2.84. The first-order valence-corrected chi connectivity index (χ1v) is 8.56. The maximum absolute atomic E-state index is 12.7. The molecule has 0 bridgehead atoms. The molecule has 0 unspecified atom stereocenters. The molecule has 24 heavy (non-hydrogen) atoms. The van der Waals surface area contributed by atoms with E-state index in [0.717, 1.165) is 24.4 Å². The van der Waals surface area contributed by atoms with E-state index >= 15 is 0 Å². The Hall–Kier alpha value is -1.92. The van der Waals surface area contributed by atoms with E-state index in [1.807, 2.05) is 38.1 Å². The largest absolute Gasteiger partial charge is 0.491 e. The van der Waals surface area contributed by atoms with E-state index < -0.39 is 0 Å². The molecule has 2 aliphatic heterocycles. The quantitative estimate of drug-likeness (QED) is 0.782. The zero-order chi connectivity index (χ0) is 17.1. The zero-order valence-corrected chi connectivity index (χ0v) is 14.3. The first-order chi connectivity index (χ1) is 11.5. The third kappa shape index (κ3) is 3.76. The summed E-state index contributed by atoms with van der Waals surface area (Å²) < 4.78 is 10.9. The lowest BCUT2D eigenvalue weighted by Gasteiger charge is -2.27. The first-order valence-electron chi connectivity index (χ1n) is 8.56. The molecule has 3 rings (SSSR count). The molecule has 1 aromatic rings. The van der Waals surface area contributed by atoms with E-state index in [9.17, 15) is 9.59 Å². The van der Waals surface area contributed by atoms with Gasteiger partial charge in [0.15, 0.2) is 6.67 Å². The van der Waals surface area contributed by atoms with Gasteiger partial charge in [-0.05, 0) is 31.5 Å². The van der Waals surface area contributed by atoms with Crippen molar-refractivity contribution >= 4 is 11.8 Å². The number of benzene rings is 1. The van der Waals surface area contributed by atoms with Crippen molar-refractivity contribution in [2.75, 3.05) is 33.0 Å². The van der Waals surface area contributed by atoms with E-state index in [4.69, 9.17) is 9.47 Å². The monoisotopic (exact) mass is 333 g/mol. The van der Waals surface area contributed by atoms with E-state index in [2.05, 4.69) is 0 Å². The van der Waals surface area contributed by atoms with Gasteiger partial charge in [0.25, 0.3) is 0 Å². The van der Waals surface area contributed by atoms with Crippen molar-refractivity contribution in [3.05, 3.63) is 29.8 Å². The second kappa shape index (κ2) is 7.32. The molecule has 0 radical (unpaired) electrons. The number of hydrogen-bond acceptors (Lipinski definition) is 4. The van der Waals surface area contributed by atoms with Gasteiger partial charge in [-0.2, -0.15) is 0 Å². The fourth-order valence-corrected chi connectivity index (χ4v) is 3.20. The minimum atomic E-state index is -0.369. The van der Waals surface area contributed by atoms with Crippen LogP contribution in [0.4, 0.5) is 0 Å². The number of ether oxygens (including phenoxy) is 2. The van der Waals surface area contributed by atoms with E-state index in [-0.39, 0.29) is 30.3 Å². The molecule has 0 spiro atoms. The molecule has 2 saturated heterocycles. The Morgan fingerprint density at radius 1 is 1.21 bits per heavy atom. The highest BCUT2D eigenvalue weighted by Crippen LogP contribution is 2.30. The van der Waals surface area contributed by atoms with E-state index in [1.54, 1.807) is 0 Å². The Morgan fingerprint density at radius 3 is 2.50 bits per heavy atom. The molecule has 1 atom stereocenters. The predicted molar refractivity (Wildman–Crippen MR) is 87.8 cm³/mol. The van der Waals surface area contributed by atoms with Gasteiger partial charge in [-0.25, -0.2) is 4.90 Å². The third-order valence-corrected chi connectivity index (χ3v) is 4.48. The summed E-state index contributed by atoms with van der Waals surface area (Å²) in [6, 6.07) is 7.50. The van der Waals surface area contributed by atoms with Crippen molar-refractivity contribution in [2.45, 2.75) is 32.3 Å². The van der Waals surface area contributed by atoms with E-state index in [0.29, 0.717) is 19.9 Å². The molecule has 0 aliphatic carbocycles. The highest BCUT2D eigenvalue weighted by molar-refractivity contribution is 6.06. The number of carbonyl (C=O) groups is 2. The number of nitrogens with zero attached hydrogens (tertiary/aromatic N) is 1. The SMILES string of the molecule is CC(C)Oc1ccc([C@@H]2CC(=O)N(C[NH+]3CCOCC3)C2=O)cc1. The number of carbonyl (C=O) groups excluding carboxylic acids is 2. The van der Waals surface area contributed by atoms with Crippen molar-refractivity contribution in [3.8, 4) is 5.75 Å². The topological polar surface area (TPSA) is 60.3 Å². The molecule has 1 N–H and O–H groups in total. The van der Waals surface area contributed by atoms with Crippen LogP contribution in [0.5, 0.6) is 5.75 Å². The first kappa shape index (κ1) is 16.9. The molecule has 2 heterocycles. The Bertz CT molecular complexity index is 594. The van der Waals surface area contributed by atoms with Crippen LogP contribution in [0.3, 0.4) is 0 Å². The summed E-state index contributed by atoms with van der Waals surface area (Å²) in [5.74, 6) is 0.245. The maximum Gasteiger partial charge on any atom is 0.241 e. The highest BCUT2D eigenvalue weighted by atomic mass is 16.5. The number of quaternary nitrogens is 1. The smallest absolute Gasteiger partial charge is 0.241 e. The summed E-state index contributed by atoms with van der Waals surface area (Å²) in [4.78, 5) is 27.6. The lowest BCUT2D eigenvalue weighted by atomic mass is 9.97. The van der Waals surface area contributed by atoms with Crippen LogP contribution in [-0.2, 0) is 14.3 Å². The number of likely N-dealkylation sites (tertiary alicyclic amines) is 1. The fourth-order valence-electron chi connectivity index (χ4n) is 3.20. The molecule has 6 heteroatoms. The average molecular weight is 333 g/mol. The second-order valence-electron chi connectivity index (χ2n) is 6.67. The molecule has 2 aliphatic rings. The van der Waals surface area contributed by atoms with Gasteiger partial charge in [0.2, 0.25) is 11.8 Å². The molecule has 2 fully saturated rings. The van der Waals surface area contributed by atoms with Crippen LogP contribution in [0.25, 0.3) is 0 Å². The summed E-state index contributed by atoms with van der Waals surface area (Å²) in [7, 11) is 0. The number of morpholine rings is 1. The standard InChI is InChI=1S/C18H24N2O4/c1-13(2)24-15-5-3-14(4-6-15)16-11-17(21)20(18(16)22)12-19-7-9-23-10-8-19/h3-6,13,16H,7-12H2,1-2H3/p+1/t16-/m0/s1. The summed E-state index contributed by atoms with van der Waals surface area (Å²) in [6.45, 7) is 7.44. The van der Waals surface area contributed by atoms with Crippen LogP contribution in [0, 0.1) is 0 Å². The molecule has 0 aromatic heterocycles. The van der Waals surface area contributed by atoms with Gasteiger partial charge in [-0.3, -0.25) is 9.59 Å². The van der Waals surface area contributed by atoms with Crippen LogP contribution in [0.15, 0.2) is 24.3 Å². The van der Waals surface area contributed by atoms with Crippen LogP contribution >= 0.6 is 0 Å². The van der Waals surface area contributed by atoms with Crippen LogP contribution in [0.2, 0.25) is 0 Å². The Morgan fingerprint density at radius 2 is 1.88 bits per heavy atom. The van der Waals surface area contributed by atoms with Gasteiger partial charge in [-0.1, -0.05) is 12.1 Å². The third-order valence-electron chi connectivity index (χ3n) is 4.48. The fraction of sp³-hybridized carbons (Fsp3) is 0.556. The van der Waals surface area contributed by atoms with E-state index in [1.165, 1.54) is 9.80 Å². The van der Waals surface area contributed by atoms with Crippen molar-refractivity contribution in [1.29, 1.82) is 0 Å². The summed E-state index contributed by atoms with van der Waals surface area (Å²) in [6.07, 6.45) is 0.366. The van der Waals surface area contributed by atoms with Gasteiger partial charge in [0, 0.05) is 6.42 Å². The summed E-state index contributed by atoms with van der Waals surface area (Å²) >= 11 is 0. The molecular formula is C18H25N2O4+. The molecule has 130 valence electrons. The van der Waals surface area contributed by atoms with Crippen molar-refractivity contribution < 1.29 is 24.0 Å². The summed E-state index contributed by atoms with van der Waals surface area (Å²) in [5, 5.41) is 0. The lowest BCUT2D eigenvalue weighted by Crippen LogP contribution is -3.15. The van der Waals surface area contributed by atoms with Gasteiger partial charge in [0.1, 0.15) is 18.8 Å². The number of nitrogens with one attached hydrogen (secondary N) is 1. The molecule has 2 amide bonds. The normalized spacial score (nSPS) is 22.5. The van der Waals surface area contributed by atoms with Crippen LogP contribution in [0.1, 0.15) is 31.7 Å². The Kier molecular flexibility index (Phi) is 5.16. The predicted octanol–water partition coefficient (Wildman–Crippen LogP) is 0.189. The summed E-state index contributed by atoms with van der Waals surface area (Å²) in [5.41, 5.74) is 0.879. The molecule has 0 saturated carbocycles. The van der Waals surface area contributed by atoms with Gasteiger partial charge >= 0.3 is 0 Å². The minimum Gasteiger partial charge on any atom is -0.491 e. The molecular weight excluding hydrogens is 308 g/mol. The molecule has 6 nitrogen and oxygen atoms in total. The van der Waals surface area contributed by atoms with Gasteiger partial charge in [0.05, 0.1) is 25.2 Å². The number of rotatable bonds is 5. The number of amides is 2. The number of imide groups is 1. The highest BCUT2D eigenvalue weighted by Gasteiger charge is 2.41. The lowest BCUT2D eigenvalue weighted by molar-refractivity contribution is -0.915. The minimum absolute atomic E-state index is 0.0773. The Balaban J connectivity index is 1.66. The zero-order valence-electron chi connectivity index (χ0n) is 14.3. The van der Waals surface area contributed by atoms with Crippen molar-refractivity contribution in [1.82, 2.24) is 4.90 Å². The second-order valence-corrected chi connectivity index (χ2v) is 6.67. The van der Waals surface area contributed by atoms with Crippen molar-refractivity contribution in [3.63, 3.8) is 0 Å². The number of hydrogen-bond donors (Lipinski definition) is 1.